The second-order valence-corrected chi connectivity index (χ2v) is 6.71. The first-order valence-electron chi connectivity index (χ1n) is 3.65. The fraction of sp³-hybridized carbons (Fsp3) is 0. The van der Waals surface area contributed by atoms with Crippen molar-refractivity contribution in [2.24, 2.45) is 0 Å². The Bertz CT molecular complexity index is 385. The minimum Gasteiger partial charge on any atom is -0.822 e. The summed E-state index contributed by atoms with van der Waals surface area (Å²) in [5.41, 5.74) is 0. The zero-order valence-corrected chi connectivity index (χ0v) is 25.2. The van der Waals surface area contributed by atoms with Crippen molar-refractivity contribution in [1.29, 1.82) is 0 Å². The van der Waals surface area contributed by atoms with E-state index < -0.39 is 39.1 Å². The maximum atomic E-state index is 8.55. The molecule has 0 bridgehead atoms. The summed E-state index contributed by atoms with van der Waals surface area (Å²) >= 11 is 0. The Kier molecular flexibility index (Phi) is 53.1. The van der Waals surface area contributed by atoms with Gasteiger partial charge in [0.25, 0.3) is 0 Å². The van der Waals surface area contributed by atoms with E-state index in [1.807, 2.05) is 0 Å². The van der Waals surface area contributed by atoms with Crippen LogP contribution in [0.25, 0.3) is 0 Å². The number of phosphoric acid groups is 5. The molecule has 165 valence electrons. The summed E-state index contributed by atoms with van der Waals surface area (Å²) in [6.45, 7) is 0. The van der Waals surface area contributed by atoms with E-state index >= 15 is 0 Å². The minimum absolute atomic E-state index is 0. The summed E-state index contributed by atoms with van der Waals surface area (Å²) in [5, 5.41) is 0. The van der Waals surface area contributed by atoms with Gasteiger partial charge in [0.2, 0.25) is 0 Å². The second-order valence-electron chi connectivity index (χ2n) is 2.24. The fourth-order valence-electron chi connectivity index (χ4n) is 0. The third kappa shape index (κ3) is 2030. The van der Waals surface area contributed by atoms with Crippen LogP contribution in [-0.4, -0.2) is 0 Å². The van der Waals surface area contributed by atoms with Crippen molar-refractivity contribution in [2.45, 2.75) is 0 Å². The van der Waals surface area contributed by atoms with E-state index in [1.165, 1.54) is 0 Å². The van der Waals surface area contributed by atoms with E-state index in [-0.39, 0.29) is 95.7 Å². The molecule has 0 fully saturated rings. The Hall–Kier alpha value is 3.72. The van der Waals surface area contributed by atoms with Crippen molar-refractivity contribution in [3.8, 4) is 0 Å². The van der Waals surface area contributed by atoms with Gasteiger partial charge in [-0.25, -0.2) is 0 Å². The molecule has 0 rings (SSSR count). The Morgan fingerprint density at radius 3 is 0.276 bits per heavy atom. The van der Waals surface area contributed by atoms with Gasteiger partial charge in [-0.05, 0) is 0 Å². The molecular formula is FeO20P5Zr3. The Morgan fingerprint density at radius 1 is 0.276 bits per heavy atom. The molecule has 0 amide bonds. The van der Waals surface area contributed by atoms with Crippen LogP contribution >= 0.6 is 39.1 Å². The summed E-state index contributed by atoms with van der Waals surface area (Å²) < 4.78 is 42.7. The smallest absolute Gasteiger partial charge is 0.822 e. The second kappa shape index (κ2) is 26.3. The van der Waals surface area contributed by atoms with Crippen molar-refractivity contribution in [2.75, 3.05) is 0 Å². The quantitative estimate of drug-likeness (QED) is 0.162. The van der Waals surface area contributed by atoms with Crippen LogP contribution in [0, 0.1) is 0 Å². The average molecular weight is 804 g/mol. The molecule has 0 aromatic rings. The van der Waals surface area contributed by atoms with Gasteiger partial charge in [0.05, 0.1) is 0 Å². The van der Waals surface area contributed by atoms with Gasteiger partial charge in [-0.3, -0.25) is 0 Å². The molecule has 0 spiro atoms. The van der Waals surface area contributed by atoms with Gasteiger partial charge in [-0.15, -0.1) is 0 Å². The zero-order chi connectivity index (χ0) is 22.5. The predicted molar refractivity (Wildman–Crippen MR) is 38.0 cm³/mol. The summed E-state index contributed by atoms with van der Waals surface area (Å²) in [5.74, 6) is 0. The van der Waals surface area contributed by atoms with Crippen molar-refractivity contribution in [3.63, 3.8) is 0 Å². The van der Waals surface area contributed by atoms with Crippen molar-refractivity contribution >= 4 is 39.1 Å². The fourth-order valence-corrected chi connectivity index (χ4v) is 0. The molecule has 0 aromatic carbocycles. The molecule has 0 aliphatic rings. The van der Waals surface area contributed by atoms with Gasteiger partial charge in [-0.2, -0.15) is 39.1 Å². The van der Waals surface area contributed by atoms with E-state index in [1.54, 1.807) is 0 Å². The Labute approximate surface area is 228 Å². The van der Waals surface area contributed by atoms with Crippen molar-refractivity contribution in [3.05, 3.63) is 0 Å². The summed E-state index contributed by atoms with van der Waals surface area (Å²) in [4.78, 5) is 128. The molecule has 0 saturated heterocycles. The van der Waals surface area contributed by atoms with Gasteiger partial charge >= 0.3 is 95.7 Å². The topological polar surface area (TPSA) is 431 Å². The normalized spacial score (nSPS) is 10.2. The molecule has 0 aliphatic heterocycles. The third-order valence-electron chi connectivity index (χ3n) is 0. The van der Waals surface area contributed by atoms with Crippen LogP contribution in [0.15, 0.2) is 0 Å². The van der Waals surface area contributed by atoms with Gasteiger partial charge in [-0.1, -0.05) is 0 Å². The summed E-state index contributed by atoms with van der Waals surface area (Å²) in [6, 6.07) is 0. The largest absolute Gasteiger partial charge is 4.00 e. The molecule has 0 unspecified atom stereocenters. The molecule has 0 heterocycles. The van der Waals surface area contributed by atoms with Gasteiger partial charge < -0.3 is 96.2 Å². The van der Waals surface area contributed by atoms with Crippen LogP contribution in [0.2, 0.25) is 0 Å². The SMILES string of the molecule is O=P([O-])([O-])[O-].O=P([O-])([O-])[O-].O=P([O-])([O-])[O-].O=P([O-])([O-])[O-].O=P([O-])([O-])[O-].[Fe+3].[Zr+4].[Zr+4].[Zr+4]. The first kappa shape index (κ1) is 58.5. The van der Waals surface area contributed by atoms with Gasteiger partial charge in [0, 0.05) is 0 Å². The zero-order valence-electron chi connectivity index (χ0n) is 12.3. The molecule has 1 radical (unpaired) electrons. The van der Waals surface area contributed by atoms with Crippen molar-refractivity contribution in [1.82, 2.24) is 0 Å². The molecule has 0 aliphatic carbocycles. The van der Waals surface area contributed by atoms with E-state index in [2.05, 4.69) is 0 Å². The Morgan fingerprint density at radius 2 is 0.276 bits per heavy atom. The maximum absolute atomic E-state index is 8.55. The number of rotatable bonds is 0. The van der Waals surface area contributed by atoms with E-state index in [9.17, 15) is 0 Å². The molecule has 0 saturated carbocycles. The van der Waals surface area contributed by atoms with Crippen LogP contribution in [-0.2, 0) is 119 Å². The average Bonchev–Trinajstić information content (AvgIpc) is 1.79. The molecule has 0 N–H and O–H groups in total. The molecule has 0 atom stereocenters. The van der Waals surface area contributed by atoms with E-state index in [0.717, 1.165) is 0 Å². The molecule has 0 aromatic heterocycles. The van der Waals surface area contributed by atoms with Crippen LogP contribution in [0.4, 0.5) is 0 Å². The van der Waals surface area contributed by atoms with Crippen molar-refractivity contribution < 1.29 is 192 Å². The monoisotopic (exact) mass is 800 g/mol. The summed E-state index contributed by atoms with van der Waals surface area (Å²) in [6.07, 6.45) is 0. The van der Waals surface area contributed by atoms with E-state index in [4.69, 9.17) is 96.2 Å². The van der Waals surface area contributed by atoms with E-state index in [0.29, 0.717) is 0 Å². The molecular weight excluding hydrogens is 804 g/mol. The molecule has 29 heteroatoms. The standard InChI is InChI=1S/Fe.5H3O4P.3Zr/c;5*1-5(2,3)4;;;/h;5*(H3,1,2,3,4);;;/q+3;;;;;;3*+4/p-15. The first-order chi connectivity index (χ1) is 10.0. The van der Waals surface area contributed by atoms with Crippen LogP contribution in [0.5, 0.6) is 0 Å². The van der Waals surface area contributed by atoms with Crippen LogP contribution in [0.3, 0.4) is 0 Å². The minimum atomic E-state index is -5.39. The maximum Gasteiger partial charge on any atom is 4.00 e. The van der Waals surface area contributed by atoms with Crippen LogP contribution < -0.4 is 73.4 Å². The molecule has 20 nitrogen and oxygen atoms in total. The predicted octanol–water partition coefficient (Wildman–Crippen LogP) is -14.1. The Balaban J connectivity index is -0.0000000238. The summed E-state index contributed by atoms with van der Waals surface area (Å²) in [7, 11) is -26.9. The van der Waals surface area contributed by atoms with Gasteiger partial charge in [0.1, 0.15) is 0 Å². The first-order valence-corrected chi connectivity index (χ1v) is 11.0. The van der Waals surface area contributed by atoms with Crippen LogP contribution in [0.1, 0.15) is 0 Å². The van der Waals surface area contributed by atoms with Gasteiger partial charge in [0.15, 0.2) is 0 Å². The number of hydrogen-bond acceptors (Lipinski definition) is 20. The molecule has 29 heavy (non-hydrogen) atoms. The third-order valence-corrected chi connectivity index (χ3v) is 0. The number of hydrogen-bond donors (Lipinski definition) is 0.